The second-order valence-corrected chi connectivity index (χ2v) is 5.04. The van der Waals surface area contributed by atoms with Crippen LogP contribution in [0.2, 0.25) is 0 Å². The molecular formula is C10H18N4O2S. The maximum Gasteiger partial charge on any atom is 0.320 e. The van der Waals surface area contributed by atoms with Gasteiger partial charge in [-0.25, -0.2) is 4.79 Å². The Morgan fingerprint density at radius 2 is 2.12 bits per heavy atom. The Kier molecular flexibility index (Phi) is 4.28. The fourth-order valence-electron chi connectivity index (χ4n) is 1.58. The summed E-state index contributed by atoms with van der Waals surface area (Å²) in [4.78, 5) is 27.3. The van der Waals surface area contributed by atoms with E-state index < -0.39 is 6.03 Å². The van der Waals surface area contributed by atoms with Crippen LogP contribution in [0.15, 0.2) is 12.0 Å². The summed E-state index contributed by atoms with van der Waals surface area (Å²) in [5, 5.41) is 0. The molecule has 2 amide bonds. The van der Waals surface area contributed by atoms with E-state index in [9.17, 15) is 9.59 Å². The van der Waals surface area contributed by atoms with Crippen molar-refractivity contribution >= 4 is 23.6 Å². The summed E-state index contributed by atoms with van der Waals surface area (Å²) in [5.74, 6) is 1.30. The first-order valence-corrected chi connectivity index (χ1v) is 6.20. The van der Waals surface area contributed by atoms with Gasteiger partial charge in [0.05, 0.1) is 5.75 Å². The molecule has 1 rings (SSSR count). The SMILES string of the molecule is CC(=O)CSC1N(C)C=C(N(C)C(N)=O)N1C. The lowest BCUT2D eigenvalue weighted by molar-refractivity contribution is -0.114. The molecule has 0 radical (unpaired) electrons. The Bertz CT molecular complexity index is 358. The van der Waals surface area contributed by atoms with Crippen molar-refractivity contribution in [3.63, 3.8) is 0 Å². The molecule has 0 spiro atoms. The quantitative estimate of drug-likeness (QED) is 0.784. The Morgan fingerprint density at radius 3 is 2.59 bits per heavy atom. The lowest BCUT2D eigenvalue weighted by Crippen LogP contribution is -2.40. The van der Waals surface area contributed by atoms with E-state index in [-0.39, 0.29) is 11.3 Å². The van der Waals surface area contributed by atoms with Crippen LogP contribution in [0.1, 0.15) is 6.92 Å². The Hall–Kier alpha value is -1.37. The van der Waals surface area contributed by atoms with E-state index in [1.165, 1.54) is 16.7 Å². The average Bonchev–Trinajstić information content (AvgIpc) is 2.50. The number of thioether (sulfide) groups is 1. The van der Waals surface area contributed by atoms with Gasteiger partial charge in [0.25, 0.3) is 0 Å². The van der Waals surface area contributed by atoms with Gasteiger partial charge in [0.1, 0.15) is 11.6 Å². The molecule has 0 saturated carbocycles. The van der Waals surface area contributed by atoms with Crippen LogP contribution in [-0.4, -0.2) is 58.9 Å². The van der Waals surface area contributed by atoms with E-state index in [4.69, 9.17) is 5.73 Å². The molecule has 1 unspecified atom stereocenters. The van der Waals surface area contributed by atoms with Crippen molar-refractivity contribution in [1.82, 2.24) is 14.7 Å². The summed E-state index contributed by atoms with van der Waals surface area (Å²) >= 11 is 1.51. The van der Waals surface area contributed by atoms with Gasteiger partial charge in [0.15, 0.2) is 5.50 Å². The third kappa shape index (κ3) is 3.06. The molecule has 0 aromatic heterocycles. The number of primary amides is 1. The van der Waals surface area contributed by atoms with Gasteiger partial charge in [0.2, 0.25) is 0 Å². The van der Waals surface area contributed by atoms with Crippen molar-refractivity contribution < 1.29 is 9.59 Å². The number of rotatable bonds is 4. The van der Waals surface area contributed by atoms with E-state index in [2.05, 4.69) is 0 Å². The highest BCUT2D eigenvalue weighted by molar-refractivity contribution is 8.00. The lowest BCUT2D eigenvalue weighted by Gasteiger charge is -2.30. The summed E-state index contributed by atoms with van der Waals surface area (Å²) in [7, 11) is 5.39. The molecule has 0 aromatic rings. The second kappa shape index (κ2) is 5.31. The van der Waals surface area contributed by atoms with Crippen LogP contribution >= 0.6 is 11.8 Å². The molecular weight excluding hydrogens is 240 g/mol. The van der Waals surface area contributed by atoms with Crippen molar-refractivity contribution in [2.45, 2.75) is 12.4 Å². The number of nitrogens with zero attached hydrogens (tertiary/aromatic N) is 3. The minimum Gasteiger partial charge on any atom is -0.351 e. The van der Waals surface area contributed by atoms with E-state index in [1.54, 1.807) is 14.0 Å². The largest absolute Gasteiger partial charge is 0.351 e. The Balaban J connectivity index is 2.70. The monoisotopic (exact) mass is 258 g/mol. The van der Waals surface area contributed by atoms with E-state index >= 15 is 0 Å². The third-order valence-electron chi connectivity index (χ3n) is 2.47. The van der Waals surface area contributed by atoms with Crippen LogP contribution in [0.3, 0.4) is 0 Å². The van der Waals surface area contributed by atoms with E-state index in [0.29, 0.717) is 5.75 Å². The number of carbonyl (C=O) groups is 2. The molecule has 17 heavy (non-hydrogen) atoms. The molecule has 0 aliphatic carbocycles. The van der Waals surface area contributed by atoms with Crippen LogP contribution in [0.4, 0.5) is 4.79 Å². The molecule has 1 aliphatic heterocycles. The number of urea groups is 1. The smallest absolute Gasteiger partial charge is 0.320 e. The highest BCUT2D eigenvalue weighted by Crippen LogP contribution is 2.28. The number of Topliss-reactive ketones (excluding diaryl/α,β-unsaturated/α-hetero) is 1. The van der Waals surface area contributed by atoms with Crippen molar-refractivity contribution in [3.05, 3.63) is 12.0 Å². The lowest BCUT2D eigenvalue weighted by atomic mass is 10.5. The zero-order chi connectivity index (χ0) is 13.2. The van der Waals surface area contributed by atoms with Gasteiger partial charge in [-0.15, -0.1) is 11.8 Å². The first-order chi connectivity index (χ1) is 7.84. The third-order valence-corrected chi connectivity index (χ3v) is 3.99. The number of amides is 2. The fraction of sp³-hybridized carbons (Fsp3) is 0.600. The van der Waals surface area contributed by atoms with Gasteiger partial charge >= 0.3 is 6.03 Å². The number of hydrogen-bond donors (Lipinski definition) is 1. The van der Waals surface area contributed by atoms with Gasteiger partial charge < -0.3 is 15.5 Å². The Labute approximate surface area is 105 Å². The molecule has 0 bridgehead atoms. The zero-order valence-corrected chi connectivity index (χ0v) is 11.3. The number of nitrogens with two attached hydrogens (primary N) is 1. The maximum absolute atomic E-state index is 11.1. The minimum absolute atomic E-state index is 0.00991. The first kappa shape index (κ1) is 13.7. The molecule has 2 N–H and O–H groups in total. The van der Waals surface area contributed by atoms with Crippen molar-refractivity contribution in [3.8, 4) is 0 Å². The van der Waals surface area contributed by atoms with E-state index in [0.717, 1.165) is 5.82 Å². The highest BCUT2D eigenvalue weighted by atomic mass is 32.2. The zero-order valence-electron chi connectivity index (χ0n) is 10.5. The predicted molar refractivity (Wildman–Crippen MR) is 67.9 cm³/mol. The van der Waals surface area contributed by atoms with Crippen LogP contribution in [0, 0.1) is 0 Å². The summed E-state index contributed by atoms with van der Waals surface area (Å²) in [6.07, 6.45) is 1.84. The van der Waals surface area contributed by atoms with Crippen LogP contribution in [0.5, 0.6) is 0 Å². The summed E-state index contributed by atoms with van der Waals surface area (Å²) in [6.45, 7) is 1.56. The van der Waals surface area contributed by atoms with Crippen LogP contribution in [-0.2, 0) is 4.79 Å². The summed E-state index contributed by atoms with van der Waals surface area (Å²) < 4.78 is 0. The maximum atomic E-state index is 11.1. The molecule has 0 fully saturated rings. The molecule has 1 aliphatic rings. The summed E-state index contributed by atoms with van der Waals surface area (Å²) in [5.41, 5.74) is 5.24. The van der Waals surface area contributed by atoms with Crippen molar-refractivity contribution in [1.29, 1.82) is 0 Å². The van der Waals surface area contributed by atoms with Gasteiger partial charge in [-0.05, 0) is 6.92 Å². The van der Waals surface area contributed by atoms with Crippen LogP contribution in [0.25, 0.3) is 0 Å². The van der Waals surface area contributed by atoms with Crippen molar-refractivity contribution in [2.24, 2.45) is 5.73 Å². The highest BCUT2D eigenvalue weighted by Gasteiger charge is 2.30. The molecule has 0 saturated heterocycles. The number of carbonyl (C=O) groups excluding carboxylic acids is 2. The fourth-order valence-corrected chi connectivity index (χ4v) is 2.59. The second-order valence-electron chi connectivity index (χ2n) is 4.00. The number of hydrogen-bond acceptors (Lipinski definition) is 5. The van der Waals surface area contributed by atoms with Crippen molar-refractivity contribution in [2.75, 3.05) is 26.9 Å². The van der Waals surface area contributed by atoms with Gasteiger partial charge in [-0.3, -0.25) is 9.69 Å². The van der Waals surface area contributed by atoms with E-state index in [1.807, 2.05) is 30.1 Å². The molecule has 7 heteroatoms. The molecule has 0 aromatic carbocycles. The molecule has 6 nitrogen and oxygen atoms in total. The minimum atomic E-state index is -0.506. The number of ketones is 1. The standard InChI is InChI=1S/C10H18N4O2S/c1-7(15)6-17-10-12(2)5-8(14(10)4)13(3)9(11)16/h5,10H,6H2,1-4H3,(H2,11,16). The van der Waals surface area contributed by atoms with Gasteiger partial charge in [-0.1, -0.05) is 0 Å². The van der Waals surface area contributed by atoms with Crippen LogP contribution < -0.4 is 5.73 Å². The molecule has 1 heterocycles. The molecule has 1 atom stereocenters. The summed E-state index contributed by atoms with van der Waals surface area (Å²) in [6, 6.07) is -0.506. The predicted octanol–water partition coefficient (Wildman–Crippen LogP) is 0.279. The normalized spacial score (nSPS) is 19.3. The first-order valence-electron chi connectivity index (χ1n) is 5.15. The molecule has 96 valence electrons. The van der Waals surface area contributed by atoms with Gasteiger partial charge in [0, 0.05) is 27.3 Å². The Morgan fingerprint density at radius 1 is 1.53 bits per heavy atom. The average molecular weight is 258 g/mol. The van der Waals surface area contributed by atoms with Gasteiger partial charge in [-0.2, -0.15) is 0 Å². The topological polar surface area (TPSA) is 69.9 Å².